The third-order valence-corrected chi connectivity index (χ3v) is 4.25. The molecule has 20 heavy (non-hydrogen) atoms. The molecule has 0 bridgehead atoms. The van der Waals surface area contributed by atoms with Crippen molar-refractivity contribution in [2.24, 2.45) is 11.7 Å². The number of nitrogens with zero attached hydrogens (tertiary/aromatic N) is 4. The van der Waals surface area contributed by atoms with Crippen molar-refractivity contribution in [3.05, 3.63) is 12.7 Å². The average Bonchev–Trinajstić information content (AvgIpc) is 3.00. The Morgan fingerprint density at radius 3 is 2.90 bits per heavy atom. The first-order valence-electron chi connectivity index (χ1n) is 7.58. The highest BCUT2D eigenvalue weighted by Crippen LogP contribution is 2.28. The number of carbonyl (C=O) groups excluding carboxylic acids is 1. The highest BCUT2D eigenvalue weighted by Gasteiger charge is 2.30. The minimum atomic E-state index is 0.202. The van der Waals surface area contributed by atoms with E-state index in [-0.39, 0.29) is 5.91 Å². The van der Waals surface area contributed by atoms with Gasteiger partial charge in [0.15, 0.2) is 0 Å². The van der Waals surface area contributed by atoms with Crippen molar-refractivity contribution in [2.45, 2.75) is 51.6 Å². The van der Waals surface area contributed by atoms with Crippen molar-refractivity contribution in [2.75, 3.05) is 13.1 Å². The van der Waals surface area contributed by atoms with Crippen molar-refractivity contribution < 1.29 is 4.79 Å². The Bertz CT molecular complexity index is 406. The third-order valence-electron chi connectivity index (χ3n) is 4.25. The smallest absolute Gasteiger partial charge is 0.224 e. The summed E-state index contributed by atoms with van der Waals surface area (Å²) < 4.78 is 1.70. The summed E-state index contributed by atoms with van der Waals surface area (Å²) in [6.45, 7) is 4.08. The lowest BCUT2D eigenvalue weighted by Gasteiger charge is -2.39. The lowest BCUT2D eigenvalue weighted by Crippen LogP contribution is -2.48. The zero-order valence-corrected chi connectivity index (χ0v) is 12.2. The fraction of sp³-hybridized carbons (Fsp3) is 0.786. The SMILES string of the molecule is CCN(C(=O)CCn1cncn1)C1CCCCC1CN. The van der Waals surface area contributed by atoms with Crippen LogP contribution in [0.4, 0.5) is 0 Å². The second-order valence-corrected chi connectivity index (χ2v) is 5.44. The second kappa shape index (κ2) is 7.38. The van der Waals surface area contributed by atoms with E-state index in [0.717, 1.165) is 19.4 Å². The quantitative estimate of drug-likeness (QED) is 0.844. The van der Waals surface area contributed by atoms with Crippen molar-refractivity contribution >= 4 is 5.91 Å². The summed E-state index contributed by atoms with van der Waals surface area (Å²) in [6.07, 6.45) is 8.29. The van der Waals surface area contributed by atoms with Gasteiger partial charge in [-0.15, -0.1) is 0 Å². The van der Waals surface area contributed by atoms with Crippen LogP contribution in [0.1, 0.15) is 39.0 Å². The Hall–Kier alpha value is -1.43. The molecule has 112 valence electrons. The van der Waals surface area contributed by atoms with E-state index in [2.05, 4.69) is 17.0 Å². The number of nitrogens with two attached hydrogens (primary N) is 1. The highest BCUT2D eigenvalue weighted by molar-refractivity contribution is 5.76. The van der Waals surface area contributed by atoms with Gasteiger partial charge in [-0.1, -0.05) is 12.8 Å². The minimum absolute atomic E-state index is 0.202. The van der Waals surface area contributed by atoms with E-state index in [1.807, 2.05) is 4.90 Å². The summed E-state index contributed by atoms with van der Waals surface area (Å²) in [5, 5.41) is 4.03. The summed E-state index contributed by atoms with van der Waals surface area (Å²) in [6, 6.07) is 0.321. The Balaban J connectivity index is 1.93. The molecular weight excluding hydrogens is 254 g/mol. The number of amides is 1. The van der Waals surface area contributed by atoms with E-state index < -0.39 is 0 Å². The van der Waals surface area contributed by atoms with Gasteiger partial charge in [-0.3, -0.25) is 9.48 Å². The summed E-state index contributed by atoms with van der Waals surface area (Å²) in [7, 11) is 0. The lowest BCUT2D eigenvalue weighted by atomic mass is 9.83. The van der Waals surface area contributed by atoms with Crippen LogP contribution < -0.4 is 5.73 Å². The largest absolute Gasteiger partial charge is 0.340 e. The van der Waals surface area contributed by atoms with E-state index in [9.17, 15) is 4.79 Å². The molecule has 2 atom stereocenters. The van der Waals surface area contributed by atoms with Gasteiger partial charge < -0.3 is 10.6 Å². The summed E-state index contributed by atoms with van der Waals surface area (Å²) in [4.78, 5) is 18.4. The van der Waals surface area contributed by atoms with Crippen LogP contribution in [0, 0.1) is 5.92 Å². The molecule has 6 nitrogen and oxygen atoms in total. The zero-order valence-electron chi connectivity index (χ0n) is 12.2. The molecule has 1 amide bonds. The van der Waals surface area contributed by atoms with E-state index in [4.69, 9.17) is 5.73 Å². The maximum absolute atomic E-state index is 12.5. The molecule has 0 radical (unpaired) electrons. The van der Waals surface area contributed by atoms with Gasteiger partial charge in [-0.05, 0) is 32.2 Å². The summed E-state index contributed by atoms with van der Waals surface area (Å²) in [5.74, 6) is 0.660. The second-order valence-electron chi connectivity index (χ2n) is 5.44. The molecule has 0 saturated heterocycles. The van der Waals surface area contributed by atoms with Crippen molar-refractivity contribution in [3.8, 4) is 0 Å². The van der Waals surface area contributed by atoms with E-state index in [0.29, 0.717) is 31.5 Å². The fourth-order valence-corrected chi connectivity index (χ4v) is 3.17. The molecule has 1 aliphatic rings. The molecule has 1 aromatic rings. The molecule has 2 unspecified atom stereocenters. The van der Waals surface area contributed by atoms with Crippen LogP contribution in [0.5, 0.6) is 0 Å². The van der Waals surface area contributed by atoms with Gasteiger partial charge in [-0.2, -0.15) is 5.10 Å². The maximum Gasteiger partial charge on any atom is 0.224 e. The van der Waals surface area contributed by atoms with Crippen LogP contribution in [-0.4, -0.2) is 44.7 Å². The van der Waals surface area contributed by atoms with Crippen LogP contribution in [0.2, 0.25) is 0 Å². The molecule has 1 aliphatic carbocycles. The van der Waals surface area contributed by atoms with Crippen LogP contribution in [0.25, 0.3) is 0 Å². The van der Waals surface area contributed by atoms with Gasteiger partial charge in [0, 0.05) is 19.0 Å². The molecule has 1 saturated carbocycles. The van der Waals surface area contributed by atoms with Crippen molar-refractivity contribution in [3.63, 3.8) is 0 Å². The molecule has 1 fully saturated rings. The molecule has 1 heterocycles. The van der Waals surface area contributed by atoms with E-state index in [1.54, 1.807) is 11.0 Å². The van der Waals surface area contributed by atoms with Crippen LogP contribution in [-0.2, 0) is 11.3 Å². The molecule has 1 aromatic heterocycles. The van der Waals surface area contributed by atoms with Crippen molar-refractivity contribution in [1.82, 2.24) is 19.7 Å². The minimum Gasteiger partial charge on any atom is -0.340 e. The predicted molar refractivity (Wildman–Crippen MR) is 76.8 cm³/mol. The number of aromatic nitrogens is 3. The van der Waals surface area contributed by atoms with Crippen LogP contribution >= 0.6 is 0 Å². The first kappa shape index (κ1) is 15.0. The predicted octanol–water partition coefficient (Wildman–Crippen LogP) is 1.03. The van der Waals surface area contributed by atoms with Gasteiger partial charge in [0.2, 0.25) is 5.91 Å². The number of hydrogen-bond acceptors (Lipinski definition) is 4. The van der Waals surface area contributed by atoms with Gasteiger partial charge in [-0.25, -0.2) is 4.98 Å². The Morgan fingerprint density at radius 2 is 2.25 bits per heavy atom. The Kier molecular flexibility index (Phi) is 5.52. The first-order chi connectivity index (χ1) is 9.76. The Morgan fingerprint density at radius 1 is 1.45 bits per heavy atom. The molecule has 0 spiro atoms. The maximum atomic E-state index is 12.5. The van der Waals surface area contributed by atoms with Crippen LogP contribution in [0.3, 0.4) is 0 Å². The topological polar surface area (TPSA) is 77.0 Å². The molecule has 0 aromatic carbocycles. The molecular formula is C14H25N5O. The molecule has 2 N–H and O–H groups in total. The number of aryl methyl sites for hydroxylation is 1. The standard InChI is InChI=1S/C14H25N5O/c1-2-19(13-6-4-3-5-12(13)9-15)14(20)7-8-18-11-16-10-17-18/h10-13H,2-9,15H2,1H3. The van der Waals surface area contributed by atoms with Crippen LogP contribution in [0.15, 0.2) is 12.7 Å². The average molecular weight is 279 g/mol. The first-order valence-corrected chi connectivity index (χ1v) is 7.58. The number of carbonyl (C=O) groups is 1. The van der Waals surface area contributed by atoms with E-state index in [1.165, 1.54) is 19.2 Å². The van der Waals surface area contributed by atoms with Crippen molar-refractivity contribution in [1.29, 1.82) is 0 Å². The summed E-state index contributed by atoms with van der Waals surface area (Å²) in [5.41, 5.74) is 5.88. The molecule has 0 aliphatic heterocycles. The highest BCUT2D eigenvalue weighted by atomic mass is 16.2. The fourth-order valence-electron chi connectivity index (χ4n) is 3.17. The normalized spacial score (nSPS) is 22.7. The van der Waals surface area contributed by atoms with E-state index >= 15 is 0 Å². The molecule has 6 heteroatoms. The zero-order chi connectivity index (χ0) is 14.4. The summed E-state index contributed by atoms with van der Waals surface area (Å²) >= 11 is 0. The third kappa shape index (κ3) is 3.56. The van der Waals surface area contributed by atoms with Gasteiger partial charge >= 0.3 is 0 Å². The molecule has 2 rings (SSSR count). The van der Waals surface area contributed by atoms with Gasteiger partial charge in [0.05, 0.1) is 6.54 Å². The number of hydrogen-bond donors (Lipinski definition) is 1. The lowest BCUT2D eigenvalue weighted by molar-refractivity contribution is -0.135. The Labute approximate surface area is 120 Å². The van der Waals surface area contributed by atoms with Gasteiger partial charge in [0.1, 0.15) is 12.7 Å². The number of rotatable bonds is 6. The monoisotopic (exact) mass is 279 g/mol. The van der Waals surface area contributed by atoms with Gasteiger partial charge in [0.25, 0.3) is 0 Å².